The van der Waals surface area contributed by atoms with Crippen molar-refractivity contribution in [1.82, 2.24) is 5.32 Å². The van der Waals surface area contributed by atoms with Gasteiger partial charge in [0.1, 0.15) is 0 Å². The molecule has 3 heteroatoms. The molecule has 1 aromatic carbocycles. The highest BCUT2D eigenvalue weighted by molar-refractivity contribution is 9.10. The average Bonchev–Trinajstić information content (AvgIpc) is 2.69. The fourth-order valence-corrected chi connectivity index (χ4v) is 3.39. The van der Waals surface area contributed by atoms with Crippen LogP contribution in [-0.4, -0.2) is 18.3 Å². The second kappa shape index (κ2) is 5.19. The van der Waals surface area contributed by atoms with Gasteiger partial charge in [0.2, 0.25) is 0 Å². The summed E-state index contributed by atoms with van der Waals surface area (Å²) in [7, 11) is 0. The van der Waals surface area contributed by atoms with Crippen molar-refractivity contribution in [1.29, 1.82) is 0 Å². The van der Waals surface area contributed by atoms with Crippen molar-refractivity contribution >= 4 is 27.7 Å². The van der Waals surface area contributed by atoms with E-state index in [9.17, 15) is 0 Å². The molecule has 0 amide bonds. The highest BCUT2D eigenvalue weighted by Gasteiger charge is 2.14. The molecule has 2 rings (SSSR count). The van der Waals surface area contributed by atoms with E-state index in [4.69, 9.17) is 0 Å². The van der Waals surface area contributed by atoms with E-state index in [1.165, 1.54) is 29.5 Å². The highest BCUT2D eigenvalue weighted by atomic mass is 79.9. The summed E-state index contributed by atoms with van der Waals surface area (Å²) < 4.78 is 1.23. The minimum Gasteiger partial charge on any atom is -0.316 e. The molecule has 1 atom stereocenters. The molecule has 1 fully saturated rings. The SMILES string of the molecule is Brc1ccccc1CSC1CCNC1. The smallest absolute Gasteiger partial charge is 0.0215 e. The van der Waals surface area contributed by atoms with Crippen LogP contribution in [0.3, 0.4) is 0 Å². The Bertz CT molecular complexity index is 297. The molecule has 1 aromatic rings. The number of rotatable bonds is 3. The van der Waals surface area contributed by atoms with Crippen molar-refractivity contribution in [2.24, 2.45) is 0 Å². The zero-order valence-corrected chi connectivity index (χ0v) is 10.4. The van der Waals surface area contributed by atoms with Crippen molar-refractivity contribution in [3.8, 4) is 0 Å². The molecule has 14 heavy (non-hydrogen) atoms. The van der Waals surface area contributed by atoms with Gasteiger partial charge in [0, 0.05) is 22.0 Å². The van der Waals surface area contributed by atoms with Crippen LogP contribution in [0, 0.1) is 0 Å². The van der Waals surface area contributed by atoms with E-state index in [1.807, 2.05) is 0 Å². The van der Waals surface area contributed by atoms with Gasteiger partial charge in [0.05, 0.1) is 0 Å². The first-order valence-corrected chi connectivity index (χ1v) is 6.76. The maximum Gasteiger partial charge on any atom is 0.0215 e. The van der Waals surface area contributed by atoms with Crippen molar-refractivity contribution in [3.05, 3.63) is 34.3 Å². The van der Waals surface area contributed by atoms with Crippen LogP contribution < -0.4 is 5.32 Å². The van der Waals surface area contributed by atoms with E-state index in [0.29, 0.717) is 0 Å². The molecule has 0 aliphatic carbocycles. The summed E-state index contributed by atoms with van der Waals surface area (Å²) in [5.41, 5.74) is 1.41. The van der Waals surface area contributed by atoms with Crippen molar-refractivity contribution < 1.29 is 0 Å². The minimum absolute atomic E-state index is 0.808. The Kier molecular flexibility index (Phi) is 3.90. The van der Waals surface area contributed by atoms with Crippen molar-refractivity contribution in [2.45, 2.75) is 17.4 Å². The molecule has 1 heterocycles. The lowest BCUT2D eigenvalue weighted by molar-refractivity contribution is 0.858. The Morgan fingerprint density at radius 3 is 3.00 bits per heavy atom. The van der Waals surface area contributed by atoms with Gasteiger partial charge in [-0.1, -0.05) is 34.1 Å². The number of nitrogens with one attached hydrogen (secondary N) is 1. The zero-order chi connectivity index (χ0) is 9.80. The minimum atomic E-state index is 0.808. The molecule has 1 aliphatic rings. The standard InChI is InChI=1S/C11H14BrNS/c12-11-4-2-1-3-9(11)8-14-10-5-6-13-7-10/h1-4,10,13H,5-8H2. The number of hydrogen-bond acceptors (Lipinski definition) is 2. The van der Waals surface area contributed by atoms with Gasteiger partial charge in [-0.05, 0) is 24.6 Å². The Hall–Kier alpha value is 0.01000. The number of hydrogen-bond donors (Lipinski definition) is 1. The number of thioether (sulfide) groups is 1. The molecule has 76 valence electrons. The van der Waals surface area contributed by atoms with Crippen LogP contribution in [0.2, 0.25) is 0 Å². The lowest BCUT2D eigenvalue weighted by Crippen LogP contribution is -2.10. The topological polar surface area (TPSA) is 12.0 Å². The van der Waals surface area contributed by atoms with Gasteiger partial charge in [0.25, 0.3) is 0 Å². The fraction of sp³-hybridized carbons (Fsp3) is 0.455. The third-order valence-corrected chi connectivity index (χ3v) is 4.57. The molecule has 1 N–H and O–H groups in total. The predicted molar refractivity (Wildman–Crippen MR) is 66.7 cm³/mol. The van der Waals surface area contributed by atoms with E-state index < -0.39 is 0 Å². The Morgan fingerprint density at radius 2 is 2.29 bits per heavy atom. The van der Waals surface area contributed by atoms with E-state index in [1.54, 1.807) is 0 Å². The van der Waals surface area contributed by atoms with Crippen LogP contribution in [0.5, 0.6) is 0 Å². The van der Waals surface area contributed by atoms with E-state index in [-0.39, 0.29) is 0 Å². The third-order valence-electron chi connectivity index (χ3n) is 2.45. The third kappa shape index (κ3) is 2.75. The van der Waals surface area contributed by atoms with E-state index >= 15 is 0 Å². The van der Waals surface area contributed by atoms with E-state index in [2.05, 4.69) is 57.3 Å². The van der Waals surface area contributed by atoms with E-state index in [0.717, 1.165) is 11.0 Å². The predicted octanol–water partition coefficient (Wildman–Crippen LogP) is 3.04. The summed E-state index contributed by atoms with van der Waals surface area (Å²) in [5.74, 6) is 1.12. The lowest BCUT2D eigenvalue weighted by Gasteiger charge is -2.08. The Balaban J connectivity index is 1.88. The molecule has 0 bridgehead atoms. The van der Waals surface area contributed by atoms with Crippen LogP contribution in [0.4, 0.5) is 0 Å². The maximum absolute atomic E-state index is 3.58. The first-order chi connectivity index (χ1) is 6.86. The second-order valence-corrected chi connectivity index (χ2v) is 5.66. The number of benzene rings is 1. The summed E-state index contributed by atoms with van der Waals surface area (Å²) in [6.45, 7) is 2.36. The van der Waals surface area contributed by atoms with Crippen LogP contribution in [0.25, 0.3) is 0 Å². The molecule has 1 saturated heterocycles. The molecule has 0 radical (unpaired) electrons. The lowest BCUT2D eigenvalue weighted by atomic mass is 10.2. The molecular weight excluding hydrogens is 258 g/mol. The summed E-state index contributed by atoms with van der Waals surface area (Å²) in [5, 5.41) is 4.20. The van der Waals surface area contributed by atoms with Gasteiger partial charge in [-0.25, -0.2) is 0 Å². The van der Waals surface area contributed by atoms with Crippen LogP contribution in [0.15, 0.2) is 28.7 Å². The Labute approximate surface area is 97.8 Å². The quantitative estimate of drug-likeness (QED) is 0.907. The molecule has 1 unspecified atom stereocenters. The molecule has 0 saturated carbocycles. The summed E-state index contributed by atoms with van der Waals surface area (Å²) >= 11 is 5.64. The van der Waals surface area contributed by atoms with Gasteiger partial charge in [-0.2, -0.15) is 11.8 Å². The largest absolute Gasteiger partial charge is 0.316 e. The maximum atomic E-state index is 3.58. The van der Waals surface area contributed by atoms with Gasteiger partial charge in [-0.15, -0.1) is 0 Å². The molecule has 1 aliphatic heterocycles. The fourth-order valence-electron chi connectivity index (χ4n) is 1.59. The second-order valence-electron chi connectivity index (χ2n) is 3.52. The molecule has 0 spiro atoms. The summed E-state index contributed by atoms with van der Waals surface area (Å²) in [4.78, 5) is 0. The average molecular weight is 272 g/mol. The molecule has 1 nitrogen and oxygen atoms in total. The van der Waals surface area contributed by atoms with Crippen LogP contribution >= 0.6 is 27.7 Å². The van der Waals surface area contributed by atoms with Gasteiger partial charge in [0.15, 0.2) is 0 Å². The number of halogens is 1. The van der Waals surface area contributed by atoms with Gasteiger partial charge in [-0.3, -0.25) is 0 Å². The zero-order valence-electron chi connectivity index (χ0n) is 8.00. The van der Waals surface area contributed by atoms with Crippen molar-refractivity contribution in [3.63, 3.8) is 0 Å². The summed E-state index contributed by atoms with van der Waals surface area (Å²) in [6.07, 6.45) is 1.31. The summed E-state index contributed by atoms with van der Waals surface area (Å²) in [6, 6.07) is 8.48. The van der Waals surface area contributed by atoms with Crippen LogP contribution in [0.1, 0.15) is 12.0 Å². The monoisotopic (exact) mass is 271 g/mol. The normalized spacial score (nSPS) is 21.4. The molecular formula is C11H14BrNS. The first-order valence-electron chi connectivity index (χ1n) is 4.92. The molecule has 0 aromatic heterocycles. The van der Waals surface area contributed by atoms with Gasteiger partial charge >= 0.3 is 0 Å². The van der Waals surface area contributed by atoms with Crippen LogP contribution in [-0.2, 0) is 5.75 Å². The first kappa shape index (κ1) is 10.5. The van der Waals surface area contributed by atoms with Crippen molar-refractivity contribution in [2.75, 3.05) is 13.1 Å². The van der Waals surface area contributed by atoms with Gasteiger partial charge < -0.3 is 5.32 Å². The Morgan fingerprint density at radius 1 is 1.43 bits per heavy atom. The highest BCUT2D eigenvalue weighted by Crippen LogP contribution is 2.26.